The van der Waals surface area contributed by atoms with Gasteiger partial charge in [-0.05, 0) is 69.1 Å². The lowest BCUT2D eigenvalue weighted by Crippen LogP contribution is -2.30. The summed E-state index contributed by atoms with van der Waals surface area (Å²) in [6.07, 6.45) is 52.3. The molecule has 0 aliphatic carbocycles. The molecule has 0 aliphatic heterocycles. The van der Waals surface area contributed by atoms with Crippen LogP contribution < -0.4 is 0 Å². The van der Waals surface area contributed by atoms with Gasteiger partial charge in [0.1, 0.15) is 19.3 Å². The lowest BCUT2D eigenvalue weighted by molar-refractivity contribution is -0.161. The molecule has 548 valence electrons. The maximum absolute atomic E-state index is 13.0. The number of phosphoric ester groups is 2. The van der Waals surface area contributed by atoms with Crippen LogP contribution in [0.2, 0.25) is 0 Å². The number of esters is 4. The minimum Gasteiger partial charge on any atom is -0.462 e. The van der Waals surface area contributed by atoms with Crippen molar-refractivity contribution in [1.29, 1.82) is 0 Å². The van der Waals surface area contributed by atoms with Gasteiger partial charge >= 0.3 is 39.5 Å². The average Bonchev–Trinajstić information content (AvgIpc) is 1.78. The van der Waals surface area contributed by atoms with E-state index in [1.54, 1.807) is 0 Å². The van der Waals surface area contributed by atoms with Gasteiger partial charge < -0.3 is 33.8 Å². The number of ether oxygens (including phenoxy) is 4. The molecule has 0 saturated carbocycles. The van der Waals surface area contributed by atoms with Crippen molar-refractivity contribution in [1.82, 2.24) is 0 Å². The number of phosphoric acid groups is 2. The molecule has 0 aliphatic rings. The van der Waals surface area contributed by atoms with Crippen molar-refractivity contribution in [3.8, 4) is 0 Å². The van der Waals surface area contributed by atoms with Crippen LogP contribution in [0.5, 0.6) is 0 Å². The summed E-state index contributed by atoms with van der Waals surface area (Å²) in [5.74, 6) is 0.0913. The van der Waals surface area contributed by atoms with E-state index in [0.717, 1.165) is 127 Å². The lowest BCUT2D eigenvalue weighted by Gasteiger charge is -2.21. The second-order valence-electron chi connectivity index (χ2n) is 27.0. The summed E-state index contributed by atoms with van der Waals surface area (Å²) in [6.45, 7) is 11.7. The van der Waals surface area contributed by atoms with Gasteiger partial charge in [-0.3, -0.25) is 37.3 Å². The van der Waals surface area contributed by atoms with Crippen LogP contribution in [0.3, 0.4) is 0 Å². The van der Waals surface area contributed by atoms with Gasteiger partial charge in [0.25, 0.3) is 0 Å². The zero-order valence-electron chi connectivity index (χ0n) is 60.2. The third-order valence-electron chi connectivity index (χ3n) is 17.2. The normalized spacial score (nSPS) is 14.9. The lowest BCUT2D eigenvalue weighted by atomic mass is 10.00. The molecule has 19 heteroatoms. The van der Waals surface area contributed by atoms with Gasteiger partial charge in [-0.15, -0.1) is 0 Å². The van der Waals surface area contributed by atoms with Gasteiger partial charge in [-0.1, -0.05) is 297 Å². The van der Waals surface area contributed by atoms with Crippen LogP contribution in [0, 0.1) is 17.8 Å². The van der Waals surface area contributed by atoms with E-state index in [9.17, 15) is 43.2 Å². The monoisotopic (exact) mass is 1360 g/mol. The second kappa shape index (κ2) is 64.2. The van der Waals surface area contributed by atoms with E-state index < -0.39 is 97.5 Å². The van der Waals surface area contributed by atoms with Crippen LogP contribution in [-0.2, 0) is 65.4 Å². The van der Waals surface area contributed by atoms with Crippen LogP contribution in [0.4, 0.5) is 0 Å². The predicted molar refractivity (Wildman–Crippen MR) is 377 cm³/mol. The highest BCUT2D eigenvalue weighted by molar-refractivity contribution is 7.47. The van der Waals surface area contributed by atoms with E-state index in [1.807, 2.05) is 0 Å². The number of carbonyl (C=O) groups is 4. The fraction of sp³-hybridized carbons (Fsp3) is 0.892. The van der Waals surface area contributed by atoms with Gasteiger partial charge in [0.15, 0.2) is 12.2 Å². The Labute approximate surface area is 567 Å². The van der Waals surface area contributed by atoms with Gasteiger partial charge in [0.2, 0.25) is 0 Å². The molecular weight excluding hydrogens is 1220 g/mol. The number of carbonyl (C=O) groups excluding carboxylic acids is 4. The van der Waals surface area contributed by atoms with Crippen molar-refractivity contribution in [2.45, 2.75) is 369 Å². The smallest absolute Gasteiger partial charge is 0.462 e. The van der Waals surface area contributed by atoms with E-state index in [1.165, 1.54) is 135 Å². The molecule has 0 saturated heterocycles. The number of hydrogen-bond donors (Lipinski definition) is 3. The Morgan fingerprint density at radius 1 is 0.355 bits per heavy atom. The Morgan fingerprint density at radius 2 is 0.634 bits per heavy atom. The van der Waals surface area contributed by atoms with Crippen molar-refractivity contribution in [2.24, 2.45) is 17.8 Å². The van der Waals surface area contributed by atoms with Gasteiger partial charge in [0, 0.05) is 25.7 Å². The van der Waals surface area contributed by atoms with Gasteiger partial charge in [0.05, 0.1) is 26.4 Å². The first-order valence-corrected chi connectivity index (χ1v) is 40.7. The molecule has 93 heavy (non-hydrogen) atoms. The molecule has 0 fully saturated rings. The van der Waals surface area contributed by atoms with Crippen LogP contribution in [0.15, 0.2) is 24.3 Å². The summed E-state index contributed by atoms with van der Waals surface area (Å²) in [5.41, 5.74) is 0. The molecule has 0 spiro atoms. The fourth-order valence-corrected chi connectivity index (χ4v) is 12.2. The SMILES string of the molecule is CCCCCC/C=C\C=C/CCCCCCCC(=O)OC[C@H](COP(=O)(O)OC[C@@H](O)COP(=O)(O)OC[C@@H](COC(=O)CCCCCCCCC(C)CC)OC(=O)CCCCCCCCCCCCCCCCCC(C)C)OC(=O)CCCCCCCCC(C)CC. The summed E-state index contributed by atoms with van der Waals surface area (Å²) in [4.78, 5) is 72.6. The Morgan fingerprint density at radius 3 is 0.957 bits per heavy atom. The zero-order chi connectivity index (χ0) is 68.7. The predicted octanol–water partition coefficient (Wildman–Crippen LogP) is 21.0. The molecule has 0 aromatic carbocycles. The molecule has 0 aromatic rings. The largest absolute Gasteiger partial charge is 0.472 e. The maximum atomic E-state index is 13.0. The topological polar surface area (TPSA) is 237 Å². The zero-order valence-corrected chi connectivity index (χ0v) is 62.0. The molecule has 4 unspecified atom stereocenters. The molecule has 7 atom stereocenters. The number of hydrogen-bond acceptors (Lipinski definition) is 15. The molecular formula is C74H140O17P2. The Hall–Kier alpha value is -2.46. The first-order valence-electron chi connectivity index (χ1n) is 37.7. The molecule has 0 heterocycles. The summed E-state index contributed by atoms with van der Waals surface area (Å²) in [5, 5.41) is 10.6. The minimum absolute atomic E-state index is 0.0958. The van der Waals surface area contributed by atoms with Crippen LogP contribution >= 0.6 is 15.6 Å². The number of rotatable bonds is 70. The highest BCUT2D eigenvalue weighted by Gasteiger charge is 2.30. The van der Waals surface area contributed by atoms with Crippen molar-refractivity contribution in [3.05, 3.63) is 24.3 Å². The standard InChI is InChI=1S/C74H140O17P2/c1-8-11-12-13-14-15-16-17-19-23-26-29-32-41-48-55-71(76)84-61-70(91-74(79)58-51-44-37-35-40-47-54-67(7)10-3)64-89-93(82,83)87-60-68(75)59-86-92(80,81)88-63-69(62-85-72(77)56-49-42-36-34-39-46-53-66(6)9-2)90-73(78)57-50-43-33-30-27-24-21-18-20-22-25-28-31-38-45-52-65(4)5/h15-17,19,65-70,75H,8-14,18,20-64H2,1-7H3,(H,80,81)(H,82,83)/b16-15-,19-17-/t66?,67?,68-,69+,70+/m0/s1. The highest BCUT2D eigenvalue weighted by Crippen LogP contribution is 2.45. The third kappa shape index (κ3) is 65.3. The maximum Gasteiger partial charge on any atom is 0.472 e. The quantitative estimate of drug-likeness (QED) is 0.0169. The number of aliphatic hydroxyl groups excluding tert-OH is 1. The van der Waals surface area contributed by atoms with Crippen molar-refractivity contribution >= 4 is 39.5 Å². The first kappa shape index (κ1) is 90.5. The van der Waals surface area contributed by atoms with Crippen molar-refractivity contribution in [2.75, 3.05) is 39.6 Å². The van der Waals surface area contributed by atoms with Crippen LogP contribution in [-0.4, -0.2) is 96.7 Å². The van der Waals surface area contributed by atoms with Gasteiger partial charge in [-0.2, -0.15) is 0 Å². The Kier molecular flexibility index (Phi) is 62.5. The van der Waals surface area contributed by atoms with Crippen LogP contribution in [0.1, 0.15) is 350 Å². The van der Waals surface area contributed by atoms with E-state index in [2.05, 4.69) is 72.8 Å². The summed E-state index contributed by atoms with van der Waals surface area (Å²) < 4.78 is 68.3. The Bertz CT molecular complexity index is 1920. The fourth-order valence-electron chi connectivity index (χ4n) is 10.6. The number of aliphatic hydroxyl groups is 1. The second-order valence-corrected chi connectivity index (χ2v) is 29.9. The van der Waals surface area contributed by atoms with E-state index in [-0.39, 0.29) is 25.7 Å². The summed E-state index contributed by atoms with van der Waals surface area (Å²) in [7, 11) is -9.92. The number of unbranched alkanes of at least 4 members (excludes halogenated alkanes) is 33. The van der Waals surface area contributed by atoms with Crippen LogP contribution in [0.25, 0.3) is 0 Å². The van der Waals surface area contributed by atoms with Crippen molar-refractivity contribution < 1.29 is 80.2 Å². The molecule has 17 nitrogen and oxygen atoms in total. The van der Waals surface area contributed by atoms with Crippen molar-refractivity contribution in [3.63, 3.8) is 0 Å². The average molecular weight is 1360 g/mol. The number of allylic oxidation sites excluding steroid dienone is 4. The summed E-state index contributed by atoms with van der Waals surface area (Å²) in [6, 6.07) is 0. The minimum atomic E-state index is -4.96. The molecule has 0 radical (unpaired) electrons. The Balaban J connectivity index is 5.24. The first-order chi connectivity index (χ1) is 44.8. The molecule has 0 rings (SSSR count). The molecule has 0 bridgehead atoms. The molecule has 3 N–H and O–H groups in total. The molecule has 0 aromatic heterocycles. The van der Waals surface area contributed by atoms with E-state index in [4.69, 9.17) is 37.0 Å². The van der Waals surface area contributed by atoms with E-state index in [0.29, 0.717) is 31.6 Å². The van der Waals surface area contributed by atoms with Gasteiger partial charge in [-0.25, -0.2) is 9.13 Å². The third-order valence-corrected chi connectivity index (χ3v) is 19.1. The summed E-state index contributed by atoms with van der Waals surface area (Å²) >= 11 is 0. The van der Waals surface area contributed by atoms with E-state index >= 15 is 0 Å². The highest BCUT2D eigenvalue weighted by atomic mass is 31.2. The molecule has 0 amide bonds.